The second-order valence-corrected chi connectivity index (χ2v) is 5.81. The maximum Gasteiger partial charge on any atom is 0.319 e. The second kappa shape index (κ2) is 7.84. The van der Waals surface area contributed by atoms with Gasteiger partial charge in [0.05, 0.1) is 6.54 Å². The van der Waals surface area contributed by atoms with E-state index < -0.39 is 0 Å². The predicted molar refractivity (Wildman–Crippen MR) is 92.6 cm³/mol. The molecule has 2 aromatic rings. The number of aryl methyl sites for hydroxylation is 2. The Morgan fingerprint density at radius 2 is 1.91 bits per heavy atom. The lowest BCUT2D eigenvalue weighted by molar-refractivity contribution is 0.247. The molecular weight excluding hydrogens is 344 g/mol. The molecule has 2 aromatic carbocycles. The van der Waals surface area contributed by atoms with Crippen LogP contribution < -0.4 is 15.4 Å². The Morgan fingerprint density at radius 3 is 2.64 bits per heavy atom. The normalized spacial score (nSPS) is 10.1. The number of ether oxygens (including phenoxy) is 1. The summed E-state index contributed by atoms with van der Waals surface area (Å²) in [5.74, 6) is 0.841. The number of halogens is 1. The molecule has 0 saturated heterocycles. The van der Waals surface area contributed by atoms with E-state index in [1.807, 2.05) is 56.3 Å². The number of benzene rings is 2. The number of urea groups is 1. The molecule has 0 aliphatic carbocycles. The number of hydrogen-bond donors (Lipinski definition) is 2. The predicted octanol–water partition coefficient (Wildman–Crippen LogP) is 4.27. The monoisotopic (exact) mass is 362 g/mol. The van der Waals surface area contributed by atoms with Crippen molar-refractivity contribution in [3.63, 3.8) is 0 Å². The van der Waals surface area contributed by atoms with Crippen molar-refractivity contribution in [2.45, 2.75) is 13.8 Å². The molecule has 0 spiro atoms. The number of nitrogens with one attached hydrogen (secondary N) is 2. The van der Waals surface area contributed by atoms with Crippen molar-refractivity contribution < 1.29 is 9.53 Å². The van der Waals surface area contributed by atoms with Gasteiger partial charge in [0.15, 0.2) is 0 Å². The third-order valence-corrected chi connectivity index (χ3v) is 4.04. The minimum atomic E-state index is -0.241. The molecule has 116 valence electrons. The fourth-order valence-electron chi connectivity index (χ4n) is 1.94. The fourth-order valence-corrected chi connectivity index (χ4v) is 2.19. The molecule has 5 heteroatoms. The van der Waals surface area contributed by atoms with Gasteiger partial charge in [0, 0.05) is 10.2 Å². The van der Waals surface area contributed by atoms with Crippen molar-refractivity contribution in [1.82, 2.24) is 5.32 Å². The van der Waals surface area contributed by atoms with E-state index >= 15 is 0 Å². The highest BCUT2D eigenvalue weighted by Gasteiger charge is 2.03. The Bertz CT molecular complexity index is 659. The van der Waals surface area contributed by atoms with Gasteiger partial charge >= 0.3 is 6.03 Å². The van der Waals surface area contributed by atoms with Gasteiger partial charge in [0.25, 0.3) is 0 Å². The zero-order valence-electron chi connectivity index (χ0n) is 12.7. The van der Waals surface area contributed by atoms with Crippen LogP contribution in [0.5, 0.6) is 5.75 Å². The first-order chi connectivity index (χ1) is 10.6. The van der Waals surface area contributed by atoms with E-state index in [-0.39, 0.29) is 6.03 Å². The Hall–Kier alpha value is -2.01. The summed E-state index contributed by atoms with van der Waals surface area (Å²) in [6.07, 6.45) is 0. The summed E-state index contributed by atoms with van der Waals surface area (Å²) in [6, 6.07) is 13.2. The average Bonchev–Trinajstić information content (AvgIpc) is 2.49. The van der Waals surface area contributed by atoms with Crippen LogP contribution in [0.4, 0.5) is 10.5 Å². The Balaban J connectivity index is 1.74. The molecule has 0 radical (unpaired) electrons. The Kier molecular flexibility index (Phi) is 5.83. The van der Waals surface area contributed by atoms with Gasteiger partial charge in [-0.1, -0.05) is 34.1 Å². The van der Waals surface area contributed by atoms with E-state index in [0.29, 0.717) is 13.2 Å². The van der Waals surface area contributed by atoms with E-state index in [2.05, 4.69) is 26.6 Å². The molecule has 2 rings (SSSR count). The molecule has 0 atom stereocenters. The summed E-state index contributed by atoms with van der Waals surface area (Å²) >= 11 is 3.43. The molecule has 0 heterocycles. The molecule has 2 amide bonds. The van der Waals surface area contributed by atoms with Crippen LogP contribution in [-0.2, 0) is 0 Å². The summed E-state index contributed by atoms with van der Waals surface area (Å²) in [6.45, 7) is 4.84. The van der Waals surface area contributed by atoms with E-state index in [1.54, 1.807) is 0 Å². The minimum Gasteiger partial charge on any atom is -0.491 e. The van der Waals surface area contributed by atoms with Gasteiger partial charge in [-0.15, -0.1) is 0 Å². The first-order valence-electron chi connectivity index (χ1n) is 7.05. The molecule has 2 N–H and O–H groups in total. The van der Waals surface area contributed by atoms with Crippen molar-refractivity contribution >= 4 is 27.6 Å². The van der Waals surface area contributed by atoms with Crippen LogP contribution in [0.3, 0.4) is 0 Å². The van der Waals surface area contributed by atoms with Crippen LogP contribution in [0.2, 0.25) is 0 Å². The van der Waals surface area contributed by atoms with Crippen LogP contribution in [0, 0.1) is 13.8 Å². The van der Waals surface area contributed by atoms with Gasteiger partial charge in [0.2, 0.25) is 0 Å². The molecule has 0 bridgehead atoms. The summed E-state index contributed by atoms with van der Waals surface area (Å²) < 4.78 is 6.64. The highest BCUT2D eigenvalue weighted by Crippen LogP contribution is 2.19. The summed E-state index contributed by atoms with van der Waals surface area (Å²) in [5.41, 5.74) is 2.91. The minimum absolute atomic E-state index is 0.241. The molecule has 22 heavy (non-hydrogen) atoms. The van der Waals surface area contributed by atoms with Gasteiger partial charge in [-0.25, -0.2) is 4.79 Å². The maximum atomic E-state index is 11.8. The van der Waals surface area contributed by atoms with Gasteiger partial charge < -0.3 is 15.4 Å². The number of rotatable bonds is 5. The van der Waals surface area contributed by atoms with Crippen molar-refractivity contribution in [1.29, 1.82) is 0 Å². The van der Waals surface area contributed by atoms with E-state index in [9.17, 15) is 4.79 Å². The maximum absolute atomic E-state index is 11.8. The highest BCUT2D eigenvalue weighted by molar-refractivity contribution is 9.10. The first-order valence-corrected chi connectivity index (χ1v) is 7.85. The lowest BCUT2D eigenvalue weighted by atomic mass is 10.2. The molecule has 0 aliphatic heterocycles. The van der Waals surface area contributed by atoms with Crippen molar-refractivity contribution in [3.05, 3.63) is 58.1 Å². The number of carbonyl (C=O) groups excluding carboxylic acids is 1. The third-order valence-electron chi connectivity index (χ3n) is 3.15. The summed E-state index contributed by atoms with van der Waals surface area (Å²) in [5, 5.41) is 5.56. The third kappa shape index (κ3) is 4.77. The lowest BCUT2D eigenvalue weighted by Gasteiger charge is -2.11. The smallest absolute Gasteiger partial charge is 0.319 e. The van der Waals surface area contributed by atoms with Crippen molar-refractivity contribution in [2.24, 2.45) is 0 Å². The lowest BCUT2D eigenvalue weighted by Crippen LogP contribution is -2.32. The largest absolute Gasteiger partial charge is 0.491 e. The van der Waals surface area contributed by atoms with E-state index in [0.717, 1.165) is 27.0 Å². The van der Waals surface area contributed by atoms with Crippen molar-refractivity contribution in [2.75, 3.05) is 18.5 Å². The Morgan fingerprint density at radius 1 is 1.14 bits per heavy atom. The van der Waals surface area contributed by atoms with Crippen LogP contribution in [0.1, 0.15) is 11.1 Å². The highest BCUT2D eigenvalue weighted by atomic mass is 79.9. The van der Waals surface area contributed by atoms with Crippen LogP contribution in [-0.4, -0.2) is 19.2 Å². The molecule has 0 aromatic heterocycles. The zero-order chi connectivity index (χ0) is 15.9. The molecular formula is C17H19BrN2O2. The van der Waals surface area contributed by atoms with Crippen LogP contribution in [0.15, 0.2) is 46.9 Å². The quantitative estimate of drug-likeness (QED) is 0.780. The molecule has 0 unspecified atom stereocenters. The summed E-state index contributed by atoms with van der Waals surface area (Å²) in [4.78, 5) is 11.8. The number of amides is 2. The van der Waals surface area contributed by atoms with Crippen LogP contribution >= 0.6 is 15.9 Å². The van der Waals surface area contributed by atoms with Crippen molar-refractivity contribution in [3.8, 4) is 5.75 Å². The molecule has 0 saturated carbocycles. The topological polar surface area (TPSA) is 50.4 Å². The van der Waals surface area contributed by atoms with Gasteiger partial charge in [-0.05, 0) is 49.2 Å². The van der Waals surface area contributed by atoms with E-state index in [4.69, 9.17) is 4.74 Å². The molecule has 0 fully saturated rings. The SMILES string of the molecule is Cc1cc(NC(=O)NCCOc2ccccc2C)ccc1Br. The first kappa shape index (κ1) is 16.4. The number of carbonyl (C=O) groups is 1. The Labute approximate surface area is 139 Å². The number of hydrogen-bond acceptors (Lipinski definition) is 2. The zero-order valence-corrected chi connectivity index (χ0v) is 14.2. The molecule has 4 nitrogen and oxygen atoms in total. The summed E-state index contributed by atoms with van der Waals surface area (Å²) in [7, 11) is 0. The van der Waals surface area contributed by atoms with Gasteiger partial charge in [0.1, 0.15) is 12.4 Å². The number of para-hydroxylation sites is 1. The van der Waals surface area contributed by atoms with Crippen LogP contribution in [0.25, 0.3) is 0 Å². The average molecular weight is 363 g/mol. The number of anilines is 1. The van der Waals surface area contributed by atoms with Gasteiger partial charge in [-0.2, -0.15) is 0 Å². The van der Waals surface area contributed by atoms with Gasteiger partial charge in [-0.3, -0.25) is 0 Å². The fraction of sp³-hybridized carbons (Fsp3) is 0.235. The standard InChI is InChI=1S/C17H19BrN2O2/c1-12-5-3-4-6-16(12)22-10-9-19-17(21)20-14-7-8-15(18)13(2)11-14/h3-8,11H,9-10H2,1-2H3,(H2,19,20,21). The second-order valence-electron chi connectivity index (χ2n) is 4.96. The van der Waals surface area contributed by atoms with E-state index in [1.165, 1.54) is 0 Å². The molecule has 0 aliphatic rings.